The third-order valence-electron chi connectivity index (χ3n) is 2.54. The SMILES string of the molecule is CC(OC(=O)O)(c1ccccc1)C([N+](=O)[O-])[N+](=O)[O-]. The Morgan fingerprint density at radius 2 is 1.74 bits per heavy atom. The van der Waals surface area contributed by atoms with Crippen molar-refractivity contribution in [3.63, 3.8) is 0 Å². The number of ether oxygens (including phenoxy) is 1. The van der Waals surface area contributed by atoms with Gasteiger partial charge in [0.2, 0.25) is 0 Å². The van der Waals surface area contributed by atoms with Crippen LogP contribution in [0.1, 0.15) is 12.5 Å². The van der Waals surface area contributed by atoms with Gasteiger partial charge in [-0.05, 0) is 6.92 Å². The number of rotatable bonds is 5. The van der Waals surface area contributed by atoms with E-state index in [0.717, 1.165) is 6.92 Å². The first-order chi connectivity index (χ1) is 8.79. The monoisotopic (exact) mass is 270 g/mol. The van der Waals surface area contributed by atoms with Crippen molar-refractivity contribution in [2.45, 2.75) is 18.7 Å². The number of benzene rings is 1. The fraction of sp³-hybridized carbons (Fsp3) is 0.300. The molecule has 102 valence electrons. The lowest BCUT2D eigenvalue weighted by atomic mass is 9.93. The van der Waals surface area contributed by atoms with Crippen LogP contribution in [-0.2, 0) is 10.3 Å². The van der Waals surface area contributed by atoms with Crippen LogP contribution in [0.4, 0.5) is 4.79 Å². The van der Waals surface area contributed by atoms with Crippen molar-refractivity contribution in [2.24, 2.45) is 0 Å². The standard InChI is InChI=1S/C10H10N2O7/c1-10(19-9(13)14,7-5-3-2-4-6-7)8(11(15)16)12(17)18/h2-6,8H,1H3,(H,13,14). The summed E-state index contributed by atoms with van der Waals surface area (Å²) in [5.74, 6) is 0. The molecule has 9 nitrogen and oxygen atoms in total. The van der Waals surface area contributed by atoms with Gasteiger partial charge in [-0.1, -0.05) is 30.3 Å². The summed E-state index contributed by atoms with van der Waals surface area (Å²) in [5, 5.41) is 30.3. The van der Waals surface area contributed by atoms with Crippen molar-refractivity contribution in [1.29, 1.82) is 0 Å². The molecule has 1 aromatic carbocycles. The molecule has 1 unspecified atom stereocenters. The van der Waals surface area contributed by atoms with Crippen LogP contribution in [0.2, 0.25) is 0 Å². The maximum Gasteiger partial charge on any atom is 0.507 e. The molecule has 0 amide bonds. The molecule has 0 aliphatic heterocycles. The highest BCUT2D eigenvalue weighted by Crippen LogP contribution is 2.31. The molecule has 0 aliphatic rings. The van der Waals surface area contributed by atoms with E-state index < -0.39 is 27.8 Å². The number of hydrogen-bond donors (Lipinski definition) is 1. The lowest BCUT2D eigenvalue weighted by Gasteiger charge is -2.25. The minimum atomic E-state index is -2.44. The van der Waals surface area contributed by atoms with E-state index in [9.17, 15) is 25.0 Å². The summed E-state index contributed by atoms with van der Waals surface area (Å²) >= 11 is 0. The molecule has 0 saturated carbocycles. The molecule has 0 fully saturated rings. The van der Waals surface area contributed by atoms with Crippen molar-refractivity contribution in [3.05, 3.63) is 56.1 Å². The molecule has 19 heavy (non-hydrogen) atoms. The second-order valence-electron chi connectivity index (χ2n) is 3.79. The molecule has 1 atom stereocenters. The highest BCUT2D eigenvalue weighted by Gasteiger charge is 2.57. The Kier molecular flexibility index (Phi) is 4.00. The van der Waals surface area contributed by atoms with E-state index >= 15 is 0 Å². The van der Waals surface area contributed by atoms with Crippen LogP contribution < -0.4 is 0 Å². The second-order valence-corrected chi connectivity index (χ2v) is 3.79. The highest BCUT2D eigenvalue weighted by atomic mass is 16.7. The first kappa shape index (κ1) is 14.4. The molecule has 0 aromatic heterocycles. The van der Waals surface area contributed by atoms with Gasteiger partial charge in [-0.25, -0.2) is 4.79 Å². The van der Waals surface area contributed by atoms with Gasteiger partial charge < -0.3 is 9.84 Å². The first-order valence-corrected chi connectivity index (χ1v) is 5.03. The predicted octanol–water partition coefficient (Wildman–Crippen LogP) is 1.48. The van der Waals surface area contributed by atoms with Gasteiger partial charge in [0.1, 0.15) is 9.85 Å². The summed E-state index contributed by atoms with van der Waals surface area (Å²) in [7, 11) is 0. The maximum absolute atomic E-state index is 10.8. The molecule has 0 saturated heterocycles. The molecule has 0 spiro atoms. The van der Waals surface area contributed by atoms with E-state index in [4.69, 9.17) is 5.11 Å². The molecule has 0 radical (unpaired) electrons. The molecule has 0 heterocycles. The number of hydrogen-bond acceptors (Lipinski definition) is 6. The van der Waals surface area contributed by atoms with E-state index in [1.165, 1.54) is 24.3 Å². The Bertz CT molecular complexity index is 490. The van der Waals surface area contributed by atoms with Crippen molar-refractivity contribution >= 4 is 6.16 Å². The second kappa shape index (κ2) is 5.29. The zero-order valence-corrected chi connectivity index (χ0v) is 9.76. The Hall–Kier alpha value is -2.71. The third kappa shape index (κ3) is 2.94. The Labute approximate surface area is 106 Å². The lowest BCUT2D eigenvalue weighted by Crippen LogP contribution is -2.50. The molecule has 0 aliphatic carbocycles. The van der Waals surface area contributed by atoms with Crippen molar-refractivity contribution in [1.82, 2.24) is 0 Å². The number of nitrogens with zero attached hydrogens (tertiary/aromatic N) is 2. The molecule has 1 N–H and O–H groups in total. The van der Waals surface area contributed by atoms with Crippen LogP contribution in [-0.4, -0.2) is 27.3 Å². The summed E-state index contributed by atoms with van der Waals surface area (Å²) in [6.07, 6.45) is -4.27. The Morgan fingerprint density at radius 3 is 2.11 bits per heavy atom. The van der Waals surface area contributed by atoms with Crippen LogP contribution in [0.3, 0.4) is 0 Å². The van der Waals surface area contributed by atoms with E-state index in [1.807, 2.05) is 0 Å². The van der Waals surface area contributed by atoms with E-state index in [0.29, 0.717) is 0 Å². The Balaban J connectivity index is 3.38. The molecule has 1 rings (SSSR count). The molecule has 1 aromatic rings. The average molecular weight is 270 g/mol. The molecule has 9 heteroatoms. The van der Waals surface area contributed by atoms with Gasteiger partial charge >= 0.3 is 12.3 Å². The summed E-state index contributed by atoms with van der Waals surface area (Å²) < 4.78 is 4.44. The number of carbonyl (C=O) groups is 1. The van der Waals surface area contributed by atoms with Crippen LogP contribution >= 0.6 is 0 Å². The maximum atomic E-state index is 10.8. The largest absolute Gasteiger partial charge is 0.507 e. The number of nitro groups is 2. The van der Waals surface area contributed by atoms with Gasteiger partial charge in [0.05, 0.1) is 0 Å². The highest BCUT2D eigenvalue weighted by molar-refractivity contribution is 5.58. The van der Waals surface area contributed by atoms with E-state index in [2.05, 4.69) is 4.74 Å². The van der Waals surface area contributed by atoms with Crippen LogP contribution in [0, 0.1) is 20.2 Å². The minimum absolute atomic E-state index is 0.0239. The van der Waals surface area contributed by atoms with Gasteiger partial charge in [0, 0.05) is 5.56 Å². The van der Waals surface area contributed by atoms with Gasteiger partial charge in [-0.2, -0.15) is 0 Å². The van der Waals surface area contributed by atoms with Gasteiger partial charge in [0.25, 0.3) is 5.60 Å². The smallest absolute Gasteiger partial charge is 0.450 e. The van der Waals surface area contributed by atoms with E-state index in [-0.39, 0.29) is 5.56 Å². The third-order valence-corrected chi connectivity index (χ3v) is 2.54. The summed E-state index contributed by atoms with van der Waals surface area (Å²) in [6.45, 7) is 0.993. The zero-order valence-electron chi connectivity index (χ0n) is 9.76. The normalized spacial score (nSPS) is 13.6. The summed E-state index contributed by atoms with van der Waals surface area (Å²) in [6, 6.07) is 7.16. The summed E-state index contributed by atoms with van der Waals surface area (Å²) in [5.41, 5.74) is -2.20. The van der Waals surface area contributed by atoms with Crippen LogP contribution in [0.5, 0.6) is 0 Å². The van der Waals surface area contributed by atoms with Crippen LogP contribution in [0.15, 0.2) is 30.3 Å². The lowest BCUT2D eigenvalue weighted by molar-refractivity contribution is -0.762. The fourth-order valence-corrected chi connectivity index (χ4v) is 1.69. The van der Waals surface area contributed by atoms with E-state index in [1.54, 1.807) is 6.07 Å². The first-order valence-electron chi connectivity index (χ1n) is 5.03. The topological polar surface area (TPSA) is 133 Å². The number of carboxylic acid groups (broad SMARTS) is 1. The molecular formula is C10H10N2O7. The van der Waals surface area contributed by atoms with Crippen molar-refractivity contribution in [2.75, 3.05) is 0 Å². The van der Waals surface area contributed by atoms with Gasteiger partial charge in [0.15, 0.2) is 0 Å². The molecular weight excluding hydrogens is 260 g/mol. The summed E-state index contributed by atoms with van der Waals surface area (Å²) in [4.78, 5) is 30.0. The van der Waals surface area contributed by atoms with Gasteiger partial charge in [-0.3, -0.25) is 20.2 Å². The zero-order chi connectivity index (χ0) is 14.6. The van der Waals surface area contributed by atoms with Crippen molar-refractivity contribution in [3.8, 4) is 0 Å². The van der Waals surface area contributed by atoms with Gasteiger partial charge in [-0.15, -0.1) is 0 Å². The minimum Gasteiger partial charge on any atom is -0.450 e. The average Bonchev–Trinajstić information content (AvgIpc) is 2.27. The fourth-order valence-electron chi connectivity index (χ4n) is 1.69. The quantitative estimate of drug-likeness (QED) is 0.370. The van der Waals surface area contributed by atoms with Crippen molar-refractivity contribution < 1.29 is 24.5 Å². The predicted molar refractivity (Wildman–Crippen MR) is 60.7 cm³/mol. The van der Waals surface area contributed by atoms with Crippen LogP contribution in [0.25, 0.3) is 0 Å². The molecule has 0 bridgehead atoms. The Morgan fingerprint density at radius 1 is 1.26 bits per heavy atom.